The van der Waals surface area contributed by atoms with E-state index >= 15 is 0 Å². The molecule has 1 aliphatic carbocycles. The first-order valence-corrected chi connectivity index (χ1v) is 8.38. The zero-order valence-electron chi connectivity index (χ0n) is 12.7. The Labute approximate surface area is 128 Å². The molecule has 0 N–H and O–H groups in total. The first-order valence-electron chi connectivity index (χ1n) is 7.09. The third-order valence-corrected chi connectivity index (χ3v) is 4.93. The summed E-state index contributed by atoms with van der Waals surface area (Å²) in [7, 11) is 3.16. The van der Waals surface area contributed by atoms with Crippen molar-refractivity contribution < 1.29 is 14.3 Å². The van der Waals surface area contributed by atoms with Gasteiger partial charge in [0.25, 0.3) is 0 Å². The number of tetrazole rings is 1. The highest BCUT2D eigenvalue weighted by Crippen LogP contribution is 2.30. The van der Waals surface area contributed by atoms with Crippen LogP contribution in [0.15, 0.2) is 0 Å². The Morgan fingerprint density at radius 1 is 1.38 bits per heavy atom. The zero-order valence-corrected chi connectivity index (χ0v) is 13.5. The highest BCUT2D eigenvalue weighted by atomic mass is 32.2. The number of carbonyl (C=O) groups excluding carboxylic acids is 1. The monoisotopic (exact) mass is 314 g/mol. The second-order valence-electron chi connectivity index (χ2n) is 5.16. The van der Waals surface area contributed by atoms with Crippen molar-refractivity contribution in [3.05, 3.63) is 5.82 Å². The standard InChI is InChI=1S/C13H22N4O3S/c1-19-10-6-4-9(5-7-10)17-12(14-15-16-17)8-11(21-3)13(18)20-2/h9-11H,4-8H2,1-3H3. The Morgan fingerprint density at radius 3 is 2.67 bits per heavy atom. The molecule has 1 aromatic heterocycles. The van der Waals surface area contributed by atoms with Crippen LogP contribution in [0.1, 0.15) is 37.5 Å². The van der Waals surface area contributed by atoms with Crippen LogP contribution < -0.4 is 0 Å². The zero-order chi connectivity index (χ0) is 15.2. The van der Waals surface area contributed by atoms with Crippen molar-refractivity contribution in [2.75, 3.05) is 20.5 Å². The first-order chi connectivity index (χ1) is 10.2. The lowest BCUT2D eigenvalue weighted by atomic mass is 9.93. The van der Waals surface area contributed by atoms with Gasteiger partial charge in [0.2, 0.25) is 0 Å². The Bertz CT molecular complexity index is 460. The van der Waals surface area contributed by atoms with Crippen LogP contribution in [0.4, 0.5) is 0 Å². The number of carbonyl (C=O) groups is 1. The van der Waals surface area contributed by atoms with Gasteiger partial charge in [-0.1, -0.05) is 0 Å². The second-order valence-corrected chi connectivity index (χ2v) is 6.20. The summed E-state index contributed by atoms with van der Waals surface area (Å²) in [6, 6.07) is 0.293. The van der Waals surface area contributed by atoms with Crippen molar-refractivity contribution in [2.24, 2.45) is 0 Å². The number of hydrogen-bond donors (Lipinski definition) is 0. The maximum absolute atomic E-state index is 11.7. The fraction of sp³-hybridized carbons (Fsp3) is 0.846. The van der Waals surface area contributed by atoms with Gasteiger partial charge in [0.15, 0.2) is 5.82 Å². The third kappa shape index (κ3) is 3.94. The van der Waals surface area contributed by atoms with E-state index in [4.69, 9.17) is 9.47 Å². The molecular weight excluding hydrogens is 292 g/mol. The number of ether oxygens (including phenoxy) is 2. The van der Waals surface area contributed by atoms with Crippen molar-refractivity contribution in [3.63, 3.8) is 0 Å². The Morgan fingerprint density at radius 2 is 2.10 bits per heavy atom. The SMILES string of the molecule is COC(=O)C(Cc1nnnn1C1CCC(OC)CC1)SC. The molecule has 1 fully saturated rings. The Hall–Kier alpha value is -1.15. The van der Waals surface area contributed by atoms with Gasteiger partial charge in [-0.05, 0) is 42.4 Å². The molecule has 1 atom stereocenters. The lowest BCUT2D eigenvalue weighted by Crippen LogP contribution is -2.27. The lowest BCUT2D eigenvalue weighted by molar-refractivity contribution is -0.139. The number of hydrogen-bond acceptors (Lipinski definition) is 7. The quantitative estimate of drug-likeness (QED) is 0.731. The molecule has 1 aliphatic rings. The second kappa shape index (κ2) is 7.74. The molecule has 0 aromatic carbocycles. The minimum Gasteiger partial charge on any atom is -0.468 e. The molecule has 118 valence electrons. The van der Waals surface area contributed by atoms with Gasteiger partial charge in [-0.15, -0.1) is 16.9 Å². The van der Waals surface area contributed by atoms with Gasteiger partial charge >= 0.3 is 5.97 Å². The summed E-state index contributed by atoms with van der Waals surface area (Å²) in [5.74, 6) is 0.515. The summed E-state index contributed by atoms with van der Waals surface area (Å²) in [5.41, 5.74) is 0. The summed E-state index contributed by atoms with van der Waals surface area (Å²) in [6.07, 6.45) is 6.75. The van der Waals surface area contributed by atoms with Crippen LogP contribution in [0.25, 0.3) is 0 Å². The number of nitrogens with zero attached hydrogens (tertiary/aromatic N) is 4. The van der Waals surface area contributed by atoms with Crippen LogP contribution in [-0.2, 0) is 20.7 Å². The molecule has 1 aromatic rings. The molecule has 7 nitrogen and oxygen atoms in total. The summed E-state index contributed by atoms with van der Waals surface area (Å²) in [5, 5.41) is 11.7. The first kappa shape index (κ1) is 16.2. The topological polar surface area (TPSA) is 79.1 Å². The van der Waals surface area contributed by atoms with Gasteiger partial charge < -0.3 is 9.47 Å². The molecule has 0 spiro atoms. The van der Waals surface area contributed by atoms with E-state index in [0.717, 1.165) is 31.5 Å². The minimum atomic E-state index is -0.268. The molecule has 8 heteroatoms. The Kier molecular flexibility index (Phi) is 5.98. The average Bonchev–Trinajstić information content (AvgIpc) is 3.00. The number of aromatic nitrogens is 4. The summed E-state index contributed by atoms with van der Waals surface area (Å²) < 4.78 is 12.1. The fourth-order valence-electron chi connectivity index (χ4n) is 2.72. The molecule has 1 unspecified atom stereocenters. The van der Waals surface area contributed by atoms with Crippen molar-refractivity contribution in [1.82, 2.24) is 20.2 Å². The molecule has 2 rings (SSSR count). The van der Waals surface area contributed by atoms with Crippen LogP contribution in [0.3, 0.4) is 0 Å². The van der Waals surface area contributed by atoms with Crippen LogP contribution >= 0.6 is 11.8 Å². The number of thioether (sulfide) groups is 1. The Balaban J connectivity index is 2.03. The van der Waals surface area contributed by atoms with Crippen LogP contribution in [0.2, 0.25) is 0 Å². The molecular formula is C13H22N4O3S. The van der Waals surface area contributed by atoms with E-state index in [-0.39, 0.29) is 11.2 Å². The van der Waals surface area contributed by atoms with Gasteiger partial charge in [-0.25, -0.2) is 4.68 Å². The number of methoxy groups -OCH3 is 2. The predicted octanol–water partition coefficient (Wildman–Crippen LogP) is 1.25. The largest absolute Gasteiger partial charge is 0.468 e. The van der Waals surface area contributed by atoms with E-state index in [0.29, 0.717) is 18.6 Å². The minimum absolute atomic E-state index is 0.236. The molecule has 0 aliphatic heterocycles. The van der Waals surface area contributed by atoms with Crippen molar-refractivity contribution in [3.8, 4) is 0 Å². The van der Waals surface area contributed by atoms with Crippen molar-refractivity contribution in [2.45, 2.75) is 49.5 Å². The normalized spacial score (nSPS) is 23.8. The molecule has 1 saturated carbocycles. The van der Waals surface area contributed by atoms with Crippen molar-refractivity contribution >= 4 is 17.7 Å². The molecule has 0 radical (unpaired) electrons. The molecule has 21 heavy (non-hydrogen) atoms. The molecule has 0 saturated heterocycles. The van der Waals surface area contributed by atoms with E-state index in [1.54, 1.807) is 7.11 Å². The van der Waals surface area contributed by atoms with Gasteiger partial charge in [0.1, 0.15) is 5.25 Å². The maximum atomic E-state index is 11.7. The van der Waals surface area contributed by atoms with E-state index < -0.39 is 0 Å². The van der Waals surface area contributed by atoms with Gasteiger partial charge in [-0.2, -0.15) is 0 Å². The molecule has 1 heterocycles. The summed E-state index contributed by atoms with van der Waals surface area (Å²) in [4.78, 5) is 11.7. The predicted molar refractivity (Wildman–Crippen MR) is 79.1 cm³/mol. The van der Waals surface area contributed by atoms with Gasteiger partial charge in [0.05, 0.1) is 19.3 Å². The molecule has 0 bridgehead atoms. The maximum Gasteiger partial charge on any atom is 0.319 e. The van der Waals surface area contributed by atoms with Crippen LogP contribution in [0, 0.1) is 0 Å². The summed E-state index contributed by atoms with van der Waals surface area (Å²) >= 11 is 1.46. The van der Waals surface area contributed by atoms with E-state index in [9.17, 15) is 4.79 Å². The highest BCUT2D eigenvalue weighted by molar-refractivity contribution is 7.99. The summed E-state index contributed by atoms with van der Waals surface area (Å²) in [6.45, 7) is 0. The number of rotatable bonds is 6. The molecule has 0 amide bonds. The van der Waals surface area contributed by atoms with Crippen molar-refractivity contribution in [1.29, 1.82) is 0 Å². The van der Waals surface area contributed by atoms with Crippen LogP contribution in [-0.4, -0.2) is 58.0 Å². The average molecular weight is 314 g/mol. The lowest BCUT2D eigenvalue weighted by Gasteiger charge is -2.28. The van der Waals surface area contributed by atoms with Crippen LogP contribution in [0.5, 0.6) is 0 Å². The van der Waals surface area contributed by atoms with Gasteiger partial charge in [0, 0.05) is 13.5 Å². The van der Waals surface area contributed by atoms with Gasteiger partial charge in [-0.3, -0.25) is 4.79 Å². The van der Waals surface area contributed by atoms with E-state index in [1.165, 1.54) is 18.9 Å². The van der Waals surface area contributed by atoms with E-state index in [1.807, 2.05) is 10.9 Å². The highest BCUT2D eigenvalue weighted by Gasteiger charge is 2.27. The van der Waals surface area contributed by atoms with E-state index in [2.05, 4.69) is 15.5 Å². The fourth-order valence-corrected chi connectivity index (χ4v) is 3.32. The number of esters is 1. The third-order valence-electron chi connectivity index (χ3n) is 4.00. The smallest absolute Gasteiger partial charge is 0.319 e.